The Labute approximate surface area is 150 Å². The number of likely N-dealkylation sites (N-methyl/N-ethyl adjacent to an activating group) is 1. The van der Waals surface area contributed by atoms with Crippen LogP contribution in [0.15, 0.2) is 29.2 Å². The molecule has 1 saturated heterocycles. The predicted octanol–water partition coefficient (Wildman–Crippen LogP) is 2.14. The van der Waals surface area contributed by atoms with Gasteiger partial charge in [0.25, 0.3) is 0 Å². The molecule has 1 saturated carbocycles. The Balaban J connectivity index is 0.00000208. The van der Waals surface area contributed by atoms with Crippen molar-refractivity contribution in [2.24, 2.45) is 11.7 Å². The number of hydrogen-bond acceptors (Lipinski definition) is 4. The fourth-order valence-electron chi connectivity index (χ4n) is 2.87. The maximum Gasteiger partial charge on any atom is 0.240 e. The molecule has 2 fully saturated rings. The molecule has 24 heavy (non-hydrogen) atoms. The summed E-state index contributed by atoms with van der Waals surface area (Å²) in [6.45, 7) is 3.43. The van der Waals surface area contributed by atoms with E-state index in [4.69, 9.17) is 5.73 Å². The van der Waals surface area contributed by atoms with Crippen LogP contribution in [0.25, 0.3) is 6.08 Å². The summed E-state index contributed by atoms with van der Waals surface area (Å²) in [6, 6.07) is 5.10. The van der Waals surface area contributed by atoms with Crippen molar-refractivity contribution in [2.45, 2.75) is 36.7 Å². The number of hydrogen-bond donors (Lipinski definition) is 2. The van der Waals surface area contributed by atoms with Gasteiger partial charge in [0.1, 0.15) is 0 Å². The SMILES string of the molecule is C[C@H](N)c1ccc(S(=O)(=O)NC2CN(C)C2)cc1/C=C/C1CC1.Cl. The van der Waals surface area contributed by atoms with Crippen molar-refractivity contribution < 1.29 is 8.42 Å². The molecule has 0 unspecified atom stereocenters. The Morgan fingerprint density at radius 1 is 1.33 bits per heavy atom. The van der Waals surface area contributed by atoms with E-state index in [1.54, 1.807) is 12.1 Å². The molecule has 1 aliphatic heterocycles. The van der Waals surface area contributed by atoms with Crippen molar-refractivity contribution >= 4 is 28.5 Å². The number of nitrogens with zero attached hydrogens (tertiary/aromatic N) is 1. The zero-order valence-electron chi connectivity index (χ0n) is 14.1. The lowest BCUT2D eigenvalue weighted by Gasteiger charge is -2.36. The molecule has 1 aromatic rings. The van der Waals surface area contributed by atoms with Crippen LogP contribution in [0.3, 0.4) is 0 Å². The first kappa shape index (κ1) is 19.4. The van der Waals surface area contributed by atoms with Crippen molar-refractivity contribution in [1.82, 2.24) is 9.62 Å². The number of sulfonamides is 1. The quantitative estimate of drug-likeness (QED) is 0.803. The zero-order chi connectivity index (χ0) is 16.6. The van der Waals surface area contributed by atoms with Gasteiger partial charge in [0.15, 0.2) is 0 Å². The van der Waals surface area contributed by atoms with Gasteiger partial charge in [0.2, 0.25) is 10.0 Å². The zero-order valence-corrected chi connectivity index (χ0v) is 15.7. The number of benzene rings is 1. The van der Waals surface area contributed by atoms with Crippen molar-refractivity contribution in [2.75, 3.05) is 20.1 Å². The van der Waals surface area contributed by atoms with Crippen LogP contribution in [0, 0.1) is 5.92 Å². The van der Waals surface area contributed by atoms with Crippen molar-refractivity contribution in [3.8, 4) is 0 Å². The highest BCUT2D eigenvalue weighted by atomic mass is 35.5. The molecule has 0 bridgehead atoms. The van der Waals surface area contributed by atoms with Gasteiger partial charge in [-0.15, -0.1) is 12.4 Å². The first-order chi connectivity index (χ1) is 10.8. The Kier molecular flexibility index (Phi) is 6.09. The van der Waals surface area contributed by atoms with E-state index in [2.05, 4.69) is 15.7 Å². The smallest absolute Gasteiger partial charge is 0.240 e. The number of nitrogens with one attached hydrogen (secondary N) is 1. The van der Waals surface area contributed by atoms with E-state index >= 15 is 0 Å². The highest BCUT2D eigenvalue weighted by molar-refractivity contribution is 7.89. The van der Waals surface area contributed by atoms with Crippen LogP contribution in [-0.2, 0) is 10.0 Å². The van der Waals surface area contributed by atoms with E-state index in [9.17, 15) is 8.42 Å². The third kappa shape index (κ3) is 4.58. The van der Waals surface area contributed by atoms with E-state index in [-0.39, 0.29) is 24.5 Å². The summed E-state index contributed by atoms with van der Waals surface area (Å²) in [5, 5.41) is 0. The second-order valence-corrected chi connectivity index (χ2v) is 8.53. The summed E-state index contributed by atoms with van der Waals surface area (Å²) in [6.07, 6.45) is 6.62. The summed E-state index contributed by atoms with van der Waals surface area (Å²) in [7, 11) is -1.51. The minimum absolute atomic E-state index is 0. The number of allylic oxidation sites excluding steroid dienone is 1. The van der Waals surface area contributed by atoms with E-state index in [0.29, 0.717) is 10.8 Å². The Morgan fingerprint density at radius 3 is 2.54 bits per heavy atom. The first-order valence-corrected chi connectivity index (χ1v) is 9.62. The van der Waals surface area contributed by atoms with Crippen molar-refractivity contribution in [1.29, 1.82) is 0 Å². The summed E-state index contributed by atoms with van der Waals surface area (Å²) in [5.74, 6) is 0.639. The topological polar surface area (TPSA) is 75.4 Å². The van der Waals surface area contributed by atoms with Gasteiger partial charge in [-0.25, -0.2) is 13.1 Å². The molecule has 0 amide bonds. The van der Waals surface area contributed by atoms with Crippen LogP contribution in [0.5, 0.6) is 0 Å². The number of nitrogens with two attached hydrogens (primary N) is 1. The van der Waals surface area contributed by atoms with E-state index in [1.807, 2.05) is 26.1 Å². The van der Waals surface area contributed by atoms with Crippen molar-refractivity contribution in [3.05, 3.63) is 35.4 Å². The Bertz CT molecular complexity index is 709. The molecule has 3 N–H and O–H groups in total. The minimum Gasteiger partial charge on any atom is -0.324 e. The third-order valence-electron chi connectivity index (χ3n) is 4.42. The summed E-state index contributed by atoms with van der Waals surface area (Å²) >= 11 is 0. The summed E-state index contributed by atoms with van der Waals surface area (Å²) in [5.41, 5.74) is 7.90. The third-order valence-corrected chi connectivity index (χ3v) is 5.93. The molecular weight excluding hydrogens is 346 g/mol. The van der Waals surface area contributed by atoms with Gasteiger partial charge in [-0.2, -0.15) is 0 Å². The normalized spacial score (nSPS) is 20.6. The molecule has 0 spiro atoms. The predicted molar refractivity (Wildman–Crippen MR) is 99.7 cm³/mol. The molecule has 2 aliphatic rings. The fourth-order valence-corrected chi connectivity index (χ4v) is 4.12. The van der Waals surface area contributed by atoms with E-state index in [1.165, 1.54) is 12.8 Å². The molecule has 134 valence electrons. The molecular formula is C17H26ClN3O2S. The Hall–Kier alpha value is -0.920. The second-order valence-electron chi connectivity index (χ2n) is 6.82. The van der Waals surface area contributed by atoms with Crippen LogP contribution < -0.4 is 10.5 Å². The molecule has 1 atom stereocenters. The number of halogens is 1. The number of likely N-dealkylation sites (tertiary alicyclic amines) is 1. The summed E-state index contributed by atoms with van der Waals surface area (Å²) < 4.78 is 27.8. The maximum atomic E-state index is 12.5. The van der Waals surface area contributed by atoms with Crippen molar-refractivity contribution in [3.63, 3.8) is 0 Å². The van der Waals surface area contributed by atoms with Gasteiger partial charge >= 0.3 is 0 Å². The van der Waals surface area contributed by atoms with E-state index < -0.39 is 10.0 Å². The van der Waals surface area contributed by atoms with Crippen LogP contribution in [0.2, 0.25) is 0 Å². The Morgan fingerprint density at radius 2 is 2.00 bits per heavy atom. The van der Waals surface area contributed by atoms with Gasteiger partial charge in [-0.3, -0.25) is 0 Å². The second kappa shape index (κ2) is 7.54. The van der Waals surface area contributed by atoms with Gasteiger partial charge in [-0.05, 0) is 56.0 Å². The van der Waals surface area contributed by atoms with Gasteiger partial charge < -0.3 is 10.6 Å². The first-order valence-electron chi connectivity index (χ1n) is 8.14. The average Bonchev–Trinajstić information content (AvgIpc) is 3.27. The molecule has 0 aromatic heterocycles. The molecule has 1 heterocycles. The highest BCUT2D eigenvalue weighted by Crippen LogP contribution is 2.32. The lowest BCUT2D eigenvalue weighted by molar-refractivity contribution is 0.180. The van der Waals surface area contributed by atoms with Gasteiger partial charge in [-0.1, -0.05) is 18.2 Å². The molecule has 5 nitrogen and oxygen atoms in total. The lowest BCUT2D eigenvalue weighted by Crippen LogP contribution is -2.57. The largest absolute Gasteiger partial charge is 0.324 e. The van der Waals surface area contributed by atoms with E-state index in [0.717, 1.165) is 24.2 Å². The highest BCUT2D eigenvalue weighted by Gasteiger charge is 2.28. The maximum absolute atomic E-state index is 12.5. The fraction of sp³-hybridized carbons (Fsp3) is 0.529. The van der Waals surface area contributed by atoms with Crippen LogP contribution in [0.4, 0.5) is 0 Å². The molecule has 1 aliphatic carbocycles. The van der Waals surface area contributed by atoms with Gasteiger partial charge in [0.05, 0.1) is 4.90 Å². The molecule has 0 radical (unpaired) electrons. The lowest BCUT2D eigenvalue weighted by atomic mass is 10.0. The molecule has 7 heteroatoms. The van der Waals surface area contributed by atoms with Crippen LogP contribution >= 0.6 is 12.4 Å². The molecule has 1 aromatic carbocycles. The van der Waals surface area contributed by atoms with Gasteiger partial charge in [0, 0.05) is 25.2 Å². The standard InChI is InChI=1S/C17H25N3O2S.ClH/c1-12(18)17-8-7-16(9-14(17)6-5-13-3-4-13)23(21,22)19-15-10-20(2)11-15;/h5-9,12-13,15,19H,3-4,10-11,18H2,1-2H3;1H/b6-5+;/t12-;/m0./s1. The number of rotatable bonds is 6. The van der Waals surface area contributed by atoms with Crippen LogP contribution in [-0.4, -0.2) is 39.5 Å². The monoisotopic (exact) mass is 371 g/mol. The average molecular weight is 372 g/mol. The minimum atomic E-state index is -3.48. The van der Waals surface area contributed by atoms with Crippen LogP contribution in [0.1, 0.15) is 36.9 Å². The summed E-state index contributed by atoms with van der Waals surface area (Å²) in [4.78, 5) is 2.39. The molecule has 3 rings (SSSR count).